The molecule has 1 aromatic carbocycles. The highest BCUT2D eigenvalue weighted by atomic mass is 19.4. The van der Waals surface area contributed by atoms with Crippen LogP contribution in [0.5, 0.6) is 0 Å². The molecule has 19 heavy (non-hydrogen) atoms. The SMILES string of the molecule is NC(CCCOCC(F)(F)F)Cc1cccc(F)c1. The minimum absolute atomic E-state index is 0.0242. The third kappa shape index (κ3) is 7.79. The molecule has 0 aliphatic carbocycles. The van der Waals surface area contributed by atoms with Crippen molar-refractivity contribution in [2.75, 3.05) is 13.2 Å². The van der Waals surface area contributed by atoms with E-state index in [1.807, 2.05) is 0 Å². The van der Waals surface area contributed by atoms with Gasteiger partial charge in [-0.3, -0.25) is 0 Å². The van der Waals surface area contributed by atoms with E-state index in [2.05, 4.69) is 4.74 Å². The number of halogens is 4. The van der Waals surface area contributed by atoms with Crippen molar-refractivity contribution < 1.29 is 22.3 Å². The van der Waals surface area contributed by atoms with Gasteiger partial charge >= 0.3 is 6.18 Å². The molecule has 1 rings (SSSR count). The van der Waals surface area contributed by atoms with Gasteiger partial charge in [-0.2, -0.15) is 13.2 Å². The van der Waals surface area contributed by atoms with Crippen LogP contribution in [0.15, 0.2) is 24.3 Å². The number of benzene rings is 1. The highest BCUT2D eigenvalue weighted by molar-refractivity contribution is 5.17. The molecule has 2 N–H and O–H groups in total. The molecule has 0 saturated carbocycles. The Bertz CT molecular complexity index is 381. The number of ether oxygens (including phenoxy) is 1. The third-order valence-electron chi connectivity index (χ3n) is 2.52. The summed E-state index contributed by atoms with van der Waals surface area (Å²) >= 11 is 0. The van der Waals surface area contributed by atoms with Crippen molar-refractivity contribution in [3.05, 3.63) is 35.6 Å². The Labute approximate surface area is 109 Å². The van der Waals surface area contributed by atoms with Gasteiger partial charge in [0, 0.05) is 12.6 Å². The highest BCUT2D eigenvalue weighted by Gasteiger charge is 2.27. The van der Waals surface area contributed by atoms with Gasteiger partial charge in [0.25, 0.3) is 0 Å². The lowest BCUT2D eigenvalue weighted by atomic mass is 10.0. The quantitative estimate of drug-likeness (QED) is 0.615. The first-order valence-electron chi connectivity index (χ1n) is 6.01. The predicted octanol–water partition coefficient (Wildman–Crippen LogP) is 3.05. The van der Waals surface area contributed by atoms with E-state index in [-0.39, 0.29) is 18.5 Å². The van der Waals surface area contributed by atoms with Crippen LogP contribution in [0, 0.1) is 5.82 Å². The highest BCUT2D eigenvalue weighted by Crippen LogP contribution is 2.15. The zero-order valence-corrected chi connectivity index (χ0v) is 10.4. The molecule has 108 valence electrons. The first-order valence-corrected chi connectivity index (χ1v) is 6.01. The van der Waals surface area contributed by atoms with Gasteiger partial charge in [0.05, 0.1) is 0 Å². The van der Waals surface area contributed by atoms with Crippen LogP contribution in [0.1, 0.15) is 18.4 Å². The van der Waals surface area contributed by atoms with Gasteiger partial charge in [-0.25, -0.2) is 4.39 Å². The van der Waals surface area contributed by atoms with E-state index in [4.69, 9.17) is 5.73 Å². The number of hydrogen-bond acceptors (Lipinski definition) is 2. The Hall–Kier alpha value is -1.14. The van der Waals surface area contributed by atoms with E-state index in [0.29, 0.717) is 19.3 Å². The van der Waals surface area contributed by atoms with Crippen LogP contribution >= 0.6 is 0 Å². The molecule has 1 unspecified atom stereocenters. The molecule has 0 spiro atoms. The smallest absolute Gasteiger partial charge is 0.372 e. The maximum Gasteiger partial charge on any atom is 0.411 e. The molecule has 0 aromatic heterocycles. The standard InChI is InChI=1S/C13H17F4NO/c14-11-4-1-3-10(7-11)8-12(18)5-2-6-19-9-13(15,16)17/h1,3-4,7,12H,2,5-6,8-9,18H2. The summed E-state index contributed by atoms with van der Waals surface area (Å²) in [6, 6.07) is 5.91. The second kappa shape index (κ2) is 7.45. The van der Waals surface area contributed by atoms with E-state index < -0.39 is 12.8 Å². The summed E-state index contributed by atoms with van der Waals surface area (Å²) in [7, 11) is 0. The van der Waals surface area contributed by atoms with Crippen LogP contribution in [0.4, 0.5) is 17.6 Å². The Morgan fingerprint density at radius 1 is 1.26 bits per heavy atom. The van der Waals surface area contributed by atoms with E-state index in [0.717, 1.165) is 5.56 Å². The van der Waals surface area contributed by atoms with Crippen LogP contribution < -0.4 is 5.73 Å². The van der Waals surface area contributed by atoms with Crippen LogP contribution in [0.2, 0.25) is 0 Å². The molecule has 0 heterocycles. The minimum Gasteiger partial charge on any atom is -0.372 e. The number of alkyl halides is 3. The lowest BCUT2D eigenvalue weighted by Crippen LogP contribution is -2.24. The fourth-order valence-electron chi connectivity index (χ4n) is 1.70. The predicted molar refractivity (Wildman–Crippen MR) is 64.2 cm³/mol. The minimum atomic E-state index is -4.29. The van der Waals surface area contributed by atoms with Crippen LogP contribution in [-0.2, 0) is 11.2 Å². The molecule has 0 amide bonds. The maximum atomic E-state index is 12.9. The van der Waals surface area contributed by atoms with E-state index in [1.54, 1.807) is 12.1 Å². The Balaban J connectivity index is 2.16. The van der Waals surface area contributed by atoms with Crippen molar-refractivity contribution in [3.63, 3.8) is 0 Å². The summed E-state index contributed by atoms with van der Waals surface area (Å²) in [4.78, 5) is 0. The summed E-state index contributed by atoms with van der Waals surface area (Å²) in [5.41, 5.74) is 6.60. The zero-order valence-electron chi connectivity index (χ0n) is 10.4. The van der Waals surface area contributed by atoms with Gasteiger partial charge in [0.1, 0.15) is 12.4 Å². The Morgan fingerprint density at radius 3 is 2.63 bits per heavy atom. The molecule has 0 fully saturated rings. The van der Waals surface area contributed by atoms with Gasteiger partial charge < -0.3 is 10.5 Å². The Morgan fingerprint density at radius 2 is 2.00 bits per heavy atom. The summed E-state index contributed by atoms with van der Waals surface area (Å²) in [6.07, 6.45) is -2.80. The Kier molecular flexibility index (Phi) is 6.24. The van der Waals surface area contributed by atoms with E-state index in [1.165, 1.54) is 12.1 Å². The normalized spacial score (nSPS) is 13.5. The molecule has 6 heteroatoms. The monoisotopic (exact) mass is 279 g/mol. The third-order valence-corrected chi connectivity index (χ3v) is 2.52. The average Bonchev–Trinajstić information content (AvgIpc) is 2.26. The lowest BCUT2D eigenvalue weighted by Gasteiger charge is -2.12. The van der Waals surface area contributed by atoms with Crippen molar-refractivity contribution in [2.45, 2.75) is 31.5 Å². The van der Waals surface area contributed by atoms with Crippen molar-refractivity contribution in [3.8, 4) is 0 Å². The summed E-state index contributed by atoms with van der Waals surface area (Å²) in [5.74, 6) is -0.321. The van der Waals surface area contributed by atoms with Gasteiger partial charge in [0.2, 0.25) is 0 Å². The van der Waals surface area contributed by atoms with Crippen molar-refractivity contribution in [1.29, 1.82) is 0 Å². The zero-order chi connectivity index (χ0) is 14.3. The molecule has 0 aliphatic rings. The second-order valence-electron chi connectivity index (χ2n) is 4.40. The van der Waals surface area contributed by atoms with Gasteiger partial charge in [-0.05, 0) is 37.0 Å². The number of rotatable bonds is 7. The molecule has 0 aliphatic heterocycles. The molecule has 0 bridgehead atoms. The summed E-state index contributed by atoms with van der Waals surface area (Å²) < 4.78 is 52.7. The fraction of sp³-hybridized carbons (Fsp3) is 0.538. The average molecular weight is 279 g/mol. The van der Waals surface area contributed by atoms with Crippen LogP contribution in [0.3, 0.4) is 0 Å². The molecule has 1 aromatic rings. The second-order valence-corrected chi connectivity index (χ2v) is 4.40. The molecule has 0 radical (unpaired) electrons. The first-order chi connectivity index (χ1) is 8.87. The molecular formula is C13H17F4NO. The van der Waals surface area contributed by atoms with E-state index >= 15 is 0 Å². The molecular weight excluding hydrogens is 262 g/mol. The number of nitrogens with two attached hydrogens (primary N) is 1. The summed E-state index contributed by atoms with van der Waals surface area (Å²) in [5, 5.41) is 0. The topological polar surface area (TPSA) is 35.2 Å². The van der Waals surface area contributed by atoms with Gasteiger partial charge in [-0.15, -0.1) is 0 Å². The van der Waals surface area contributed by atoms with Gasteiger partial charge in [-0.1, -0.05) is 12.1 Å². The van der Waals surface area contributed by atoms with Crippen molar-refractivity contribution >= 4 is 0 Å². The maximum absolute atomic E-state index is 12.9. The van der Waals surface area contributed by atoms with Crippen molar-refractivity contribution in [1.82, 2.24) is 0 Å². The van der Waals surface area contributed by atoms with Crippen LogP contribution in [0.25, 0.3) is 0 Å². The number of hydrogen-bond donors (Lipinski definition) is 1. The summed E-state index contributed by atoms with van der Waals surface area (Å²) in [6.45, 7) is -1.21. The first kappa shape index (κ1) is 15.9. The van der Waals surface area contributed by atoms with Gasteiger partial charge in [0.15, 0.2) is 0 Å². The van der Waals surface area contributed by atoms with Crippen molar-refractivity contribution in [2.24, 2.45) is 5.73 Å². The molecule has 1 atom stereocenters. The van der Waals surface area contributed by atoms with E-state index in [9.17, 15) is 17.6 Å². The lowest BCUT2D eigenvalue weighted by molar-refractivity contribution is -0.174. The molecule has 2 nitrogen and oxygen atoms in total. The fourth-order valence-corrected chi connectivity index (χ4v) is 1.70. The molecule has 0 saturated heterocycles. The largest absolute Gasteiger partial charge is 0.411 e. The van der Waals surface area contributed by atoms with Crippen LogP contribution in [-0.4, -0.2) is 25.4 Å².